The molecule has 1 aliphatic carbocycles. The van der Waals surface area contributed by atoms with Gasteiger partial charge in [0.15, 0.2) is 11.6 Å². The lowest BCUT2D eigenvalue weighted by atomic mass is 10.2. The van der Waals surface area contributed by atoms with Crippen LogP contribution < -0.4 is 4.74 Å². The smallest absolute Gasteiger partial charge is 0.160 e. The Labute approximate surface area is 180 Å². The predicted octanol–water partition coefficient (Wildman–Crippen LogP) is 5.71. The van der Waals surface area contributed by atoms with Gasteiger partial charge in [-0.15, -0.1) is 0 Å². The average Bonchev–Trinajstić information content (AvgIpc) is 3.50. The lowest BCUT2D eigenvalue weighted by molar-refractivity contribution is 0.0793. The molecule has 1 saturated carbocycles. The Morgan fingerprint density at radius 3 is 2.40 bits per heavy atom. The van der Waals surface area contributed by atoms with Gasteiger partial charge in [-0.05, 0) is 48.7 Å². The molecule has 2 aromatic carbocycles. The van der Waals surface area contributed by atoms with E-state index in [9.17, 15) is 0 Å². The molecule has 0 atom stereocenters. The molecule has 1 aromatic heterocycles. The van der Waals surface area contributed by atoms with Gasteiger partial charge in [0, 0.05) is 26.2 Å². The molecule has 158 valence electrons. The van der Waals surface area contributed by atoms with Crippen LogP contribution in [0.1, 0.15) is 30.1 Å². The van der Waals surface area contributed by atoms with Crippen molar-refractivity contribution < 1.29 is 9.47 Å². The van der Waals surface area contributed by atoms with Gasteiger partial charge < -0.3 is 9.47 Å². The normalized spacial score (nSPS) is 14.1. The van der Waals surface area contributed by atoms with Crippen LogP contribution >= 0.6 is 0 Å². The Kier molecular flexibility index (Phi) is 6.34. The fourth-order valence-corrected chi connectivity index (χ4v) is 3.90. The van der Waals surface area contributed by atoms with Gasteiger partial charge in [-0.3, -0.25) is 0 Å². The molecule has 0 spiro atoms. The number of benzene rings is 2. The highest BCUT2D eigenvalue weighted by Gasteiger charge is 2.29. The molecule has 0 N–H and O–H groups in total. The van der Waals surface area contributed by atoms with E-state index in [2.05, 4.69) is 43.9 Å². The van der Waals surface area contributed by atoms with Crippen LogP contribution in [0.4, 0.5) is 0 Å². The average molecular weight is 422 g/mol. The second-order valence-corrected chi connectivity index (χ2v) is 14.8. The van der Waals surface area contributed by atoms with Crippen molar-refractivity contribution >= 4 is 8.07 Å². The topological polar surface area (TPSA) is 49.2 Å². The van der Waals surface area contributed by atoms with Gasteiger partial charge in [0.2, 0.25) is 0 Å². The highest BCUT2D eigenvalue weighted by atomic mass is 28.3. The Morgan fingerprint density at radius 1 is 1.00 bits per heavy atom. The molecule has 0 radical (unpaired) electrons. The van der Waals surface area contributed by atoms with Crippen LogP contribution in [0.15, 0.2) is 54.6 Å². The molecular weight excluding hydrogens is 390 g/mol. The molecule has 1 fully saturated rings. The Bertz CT molecular complexity index is 945. The lowest BCUT2D eigenvalue weighted by Crippen LogP contribution is -2.22. The molecule has 3 aromatic rings. The first kappa shape index (κ1) is 20.8. The Hall–Kier alpha value is -2.44. The molecule has 0 aliphatic heterocycles. The third kappa shape index (κ3) is 5.80. The van der Waals surface area contributed by atoms with Crippen molar-refractivity contribution in [2.75, 3.05) is 6.61 Å². The van der Waals surface area contributed by atoms with E-state index < -0.39 is 8.07 Å². The van der Waals surface area contributed by atoms with Gasteiger partial charge in [-0.1, -0.05) is 50.0 Å². The van der Waals surface area contributed by atoms with Gasteiger partial charge >= 0.3 is 0 Å². The standard InChI is InChI=1S/C24H31N3O2Si/c1-30(2,3)16-15-28-18-27-24(25-23(26-27)20-9-10-20)21-11-13-22(14-12-21)29-17-19-7-5-4-6-8-19/h4-8,11-14,20H,9-10,15-18H2,1-3H3. The molecule has 0 unspecified atom stereocenters. The summed E-state index contributed by atoms with van der Waals surface area (Å²) in [6, 6.07) is 19.5. The zero-order valence-electron chi connectivity index (χ0n) is 18.2. The number of hydrogen-bond donors (Lipinski definition) is 0. The van der Waals surface area contributed by atoms with Crippen LogP contribution in [0, 0.1) is 0 Å². The Morgan fingerprint density at radius 2 is 1.73 bits per heavy atom. The van der Waals surface area contributed by atoms with E-state index in [1.54, 1.807) is 0 Å². The summed E-state index contributed by atoms with van der Waals surface area (Å²) in [7, 11) is -1.10. The van der Waals surface area contributed by atoms with Crippen molar-refractivity contribution in [1.82, 2.24) is 14.8 Å². The molecule has 4 rings (SSSR count). The quantitative estimate of drug-likeness (QED) is 0.311. The van der Waals surface area contributed by atoms with E-state index in [1.165, 1.54) is 12.8 Å². The number of aromatic nitrogens is 3. The molecule has 30 heavy (non-hydrogen) atoms. The fourth-order valence-electron chi connectivity index (χ4n) is 3.15. The van der Waals surface area contributed by atoms with Crippen molar-refractivity contribution in [2.45, 2.75) is 57.8 Å². The summed E-state index contributed by atoms with van der Waals surface area (Å²) in [5.74, 6) is 3.19. The van der Waals surface area contributed by atoms with Crippen LogP contribution in [0.3, 0.4) is 0 Å². The van der Waals surface area contributed by atoms with Gasteiger partial charge in [0.05, 0.1) is 0 Å². The van der Waals surface area contributed by atoms with Crippen LogP contribution in [0.25, 0.3) is 11.4 Å². The second kappa shape index (κ2) is 9.14. The maximum absolute atomic E-state index is 5.95. The fraction of sp³-hybridized carbons (Fsp3) is 0.417. The van der Waals surface area contributed by atoms with Crippen molar-refractivity contribution in [3.8, 4) is 17.1 Å². The van der Waals surface area contributed by atoms with Gasteiger partial charge in [-0.2, -0.15) is 5.10 Å². The van der Waals surface area contributed by atoms with Crippen LogP contribution in [-0.2, 0) is 18.1 Å². The zero-order valence-corrected chi connectivity index (χ0v) is 19.2. The van der Waals surface area contributed by atoms with Crippen LogP contribution in [0.2, 0.25) is 25.7 Å². The molecule has 0 amide bonds. The highest BCUT2D eigenvalue weighted by molar-refractivity contribution is 6.76. The predicted molar refractivity (Wildman–Crippen MR) is 122 cm³/mol. The molecule has 1 aliphatic rings. The van der Waals surface area contributed by atoms with E-state index >= 15 is 0 Å². The van der Waals surface area contributed by atoms with E-state index in [-0.39, 0.29) is 0 Å². The molecule has 5 nitrogen and oxygen atoms in total. The third-order valence-corrected chi connectivity index (χ3v) is 6.91. The molecular formula is C24H31N3O2Si. The van der Waals surface area contributed by atoms with Crippen molar-refractivity contribution in [2.24, 2.45) is 0 Å². The summed E-state index contributed by atoms with van der Waals surface area (Å²) in [6.07, 6.45) is 2.37. The maximum Gasteiger partial charge on any atom is 0.160 e. The van der Waals surface area contributed by atoms with Crippen molar-refractivity contribution in [1.29, 1.82) is 0 Å². The minimum atomic E-state index is -1.10. The molecule has 1 heterocycles. The molecule has 0 bridgehead atoms. The van der Waals surface area contributed by atoms with Crippen molar-refractivity contribution in [3.05, 3.63) is 66.0 Å². The number of hydrogen-bond acceptors (Lipinski definition) is 4. The second-order valence-electron chi connectivity index (χ2n) is 9.21. The van der Waals surface area contributed by atoms with Crippen LogP contribution in [-0.4, -0.2) is 29.4 Å². The lowest BCUT2D eigenvalue weighted by Gasteiger charge is -2.15. The van der Waals surface area contributed by atoms with E-state index in [1.807, 2.05) is 35.0 Å². The van der Waals surface area contributed by atoms with Crippen LogP contribution in [0.5, 0.6) is 5.75 Å². The summed E-state index contributed by atoms with van der Waals surface area (Å²) < 4.78 is 13.8. The summed E-state index contributed by atoms with van der Waals surface area (Å²) in [5, 5.41) is 4.74. The number of nitrogens with zero attached hydrogens (tertiary/aromatic N) is 3. The van der Waals surface area contributed by atoms with Gasteiger partial charge in [-0.25, -0.2) is 9.67 Å². The van der Waals surface area contributed by atoms with E-state index in [0.29, 0.717) is 19.3 Å². The minimum absolute atomic E-state index is 0.450. The minimum Gasteiger partial charge on any atom is -0.489 e. The van der Waals surface area contributed by atoms with Crippen molar-refractivity contribution in [3.63, 3.8) is 0 Å². The third-order valence-electron chi connectivity index (χ3n) is 5.20. The largest absolute Gasteiger partial charge is 0.489 e. The van der Waals surface area contributed by atoms with Gasteiger partial charge in [0.1, 0.15) is 19.1 Å². The highest BCUT2D eigenvalue weighted by Crippen LogP contribution is 2.39. The first-order chi connectivity index (χ1) is 14.5. The van der Waals surface area contributed by atoms with E-state index in [0.717, 1.165) is 41.2 Å². The molecule has 6 heteroatoms. The summed E-state index contributed by atoms with van der Waals surface area (Å²) in [5.41, 5.74) is 2.20. The van der Waals surface area contributed by atoms with Gasteiger partial charge in [0.25, 0.3) is 0 Å². The first-order valence-corrected chi connectivity index (χ1v) is 14.5. The van der Waals surface area contributed by atoms with E-state index in [4.69, 9.17) is 19.6 Å². The Balaban J connectivity index is 1.42. The summed E-state index contributed by atoms with van der Waals surface area (Å²) >= 11 is 0. The number of rotatable bonds is 10. The zero-order chi connectivity index (χ0) is 21.0. The number of ether oxygens (including phenoxy) is 2. The monoisotopic (exact) mass is 421 g/mol. The summed E-state index contributed by atoms with van der Waals surface area (Å²) in [4.78, 5) is 4.83. The molecule has 0 saturated heterocycles. The summed E-state index contributed by atoms with van der Waals surface area (Å²) in [6.45, 7) is 8.89. The first-order valence-electron chi connectivity index (χ1n) is 10.8. The maximum atomic E-state index is 5.95. The SMILES string of the molecule is C[Si](C)(C)CCOCn1nc(C2CC2)nc1-c1ccc(OCc2ccccc2)cc1.